The topological polar surface area (TPSA) is 82.5 Å². The fourth-order valence-corrected chi connectivity index (χ4v) is 3.32. The number of benzene rings is 2. The van der Waals surface area contributed by atoms with E-state index in [1.807, 2.05) is 19.9 Å². The summed E-state index contributed by atoms with van der Waals surface area (Å²) in [5, 5.41) is 0.699. The molecule has 0 amide bonds. The monoisotopic (exact) mass is 439 g/mol. The van der Waals surface area contributed by atoms with Gasteiger partial charge in [0.1, 0.15) is 23.8 Å². The van der Waals surface area contributed by atoms with Gasteiger partial charge in [-0.2, -0.15) is 0 Å². The minimum atomic E-state index is -0.767. The molecule has 0 N–H and O–H groups in total. The minimum absolute atomic E-state index is 0.0582. The largest absolute Gasteiger partial charge is 0.461 e. The maximum atomic E-state index is 13.9. The molecule has 0 saturated carbocycles. The highest BCUT2D eigenvalue weighted by atomic mass is 19.1. The molecule has 0 aliphatic carbocycles. The van der Waals surface area contributed by atoms with Crippen LogP contribution in [0.4, 0.5) is 8.78 Å². The van der Waals surface area contributed by atoms with E-state index in [1.54, 1.807) is 6.07 Å². The third-order valence-electron chi connectivity index (χ3n) is 5.14. The summed E-state index contributed by atoms with van der Waals surface area (Å²) < 4.78 is 43.7. The van der Waals surface area contributed by atoms with E-state index in [0.29, 0.717) is 16.5 Å². The van der Waals surface area contributed by atoms with Crippen LogP contribution in [0.15, 0.2) is 56.2 Å². The number of fused-ring (bicyclic) bond motifs is 1. The first-order valence-corrected chi connectivity index (χ1v) is 9.90. The molecule has 8 heteroatoms. The zero-order valence-electron chi connectivity index (χ0n) is 17.4. The van der Waals surface area contributed by atoms with Gasteiger partial charge in [-0.1, -0.05) is 6.07 Å². The van der Waals surface area contributed by atoms with Crippen LogP contribution in [0, 0.1) is 25.5 Å². The van der Waals surface area contributed by atoms with E-state index in [4.69, 9.17) is 13.6 Å². The number of carbonyl (C=O) groups excluding carboxylic acids is 1. The summed E-state index contributed by atoms with van der Waals surface area (Å²) in [5.74, 6) is -1.98. The number of ether oxygens (including phenoxy) is 1. The molecular formula is C24H19F2NO5. The van der Waals surface area contributed by atoms with E-state index in [9.17, 15) is 18.4 Å². The summed E-state index contributed by atoms with van der Waals surface area (Å²) in [6.07, 6.45) is 1.24. The second kappa shape index (κ2) is 8.74. The van der Waals surface area contributed by atoms with Crippen LogP contribution in [0.3, 0.4) is 0 Å². The molecule has 0 unspecified atom stereocenters. The number of hydrogen-bond donors (Lipinski definition) is 0. The molecule has 0 radical (unpaired) electrons. The van der Waals surface area contributed by atoms with Gasteiger partial charge in [-0.25, -0.2) is 18.6 Å². The maximum Gasteiger partial charge on any atom is 0.336 e. The van der Waals surface area contributed by atoms with Crippen molar-refractivity contribution >= 4 is 16.9 Å². The Morgan fingerprint density at radius 2 is 1.78 bits per heavy atom. The highest BCUT2D eigenvalue weighted by molar-refractivity contribution is 5.82. The molecule has 0 spiro atoms. The van der Waals surface area contributed by atoms with Gasteiger partial charge in [-0.05, 0) is 49.2 Å². The van der Waals surface area contributed by atoms with Gasteiger partial charge in [0.2, 0.25) is 0 Å². The molecule has 0 aliphatic heterocycles. The van der Waals surface area contributed by atoms with Crippen LogP contribution >= 0.6 is 0 Å². The van der Waals surface area contributed by atoms with Crippen molar-refractivity contribution in [3.05, 3.63) is 87.2 Å². The van der Waals surface area contributed by atoms with Crippen molar-refractivity contribution in [2.45, 2.75) is 33.3 Å². The normalized spacial score (nSPS) is 11.1. The predicted octanol–water partition coefficient (Wildman–Crippen LogP) is 5.02. The van der Waals surface area contributed by atoms with Crippen molar-refractivity contribution in [2.24, 2.45) is 0 Å². The first kappa shape index (κ1) is 21.4. The summed E-state index contributed by atoms with van der Waals surface area (Å²) in [6, 6.07) is 8.45. The number of halogens is 2. The van der Waals surface area contributed by atoms with Crippen molar-refractivity contribution in [3.63, 3.8) is 0 Å². The summed E-state index contributed by atoms with van der Waals surface area (Å²) >= 11 is 0. The fourth-order valence-electron chi connectivity index (χ4n) is 3.32. The molecule has 0 atom stereocenters. The highest BCUT2D eigenvalue weighted by Crippen LogP contribution is 2.27. The Morgan fingerprint density at radius 3 is 2.53 bits per heavy atom. The van der Waals surface area contributed by atoms with E-state index in [-0.39, 0.29) is 36.7 Å². The number of nitrogens with zero attached hydrogens (tertiary/aromatic N) is 1. The standard InChI is InChI=1S/C24H19F2NO5/c1-13-8-16-15(10-23(29)32-19(16)9-14(13)2)12-30-22(28)7-6-21-27-11-20(31-21)24-17(25)4-3-5-18(24)26/h3-5,8-11H,6-7,12H2,1-2H3. The van der Waals surface area contributed by atoms with Crippen molar-refractivity contribution in [3.8, 4) is 11.3 Å². The molecule has 4 aromatic rings. The quantitative estimate of drug-likeness (QED) is 0.310. The highest BCUT2D eigenvalue weighted by Gasteiger charge is 2.17. The Hall–Kier alpha value is -3.81. The third kappa shape index (κ3) is 4.44. The lowest BCUT2D eigenvalue weighted by Crippen LogP contribution is -2.08. The van der Waals surface area contributed by atoms with Gasteiger partial charge in [0.25, 0.3) is 0 Å². The van der Waals surface area contributed by atoms with Gasteiger partial charge in [0.05, 0.1) is 18.2 Å². The summed E-state index contributed by atoms with van der Waals surface area (Å²) in [5.41, 5.74) is 2.13. The summed E-state index contributed by atoms with van der Waals surface area (Å²) in [7, 11) is 0. The van der Waals surface area contributed by atoms with Gasteiger partial charge >= 0.3 is 11.6 Å². The molecule has 4 rings (SSSR count). The van der Waals surface area contributed by atoms with Gasteiger partial charge in [-0.3, -0.25) is 4.79 Å². The zero-order valence-corrected chi connectivity index (χ0v) is 17.4. The molecule has 32 heavy (non-hydrogen) atoms. The van der Waals surface area contributed by atoms with E-state index in [0.717, 1.165) is 23.3 Å². The number of hydrogen-bond acceptors (Lipinski definition) is 6. The lowest BCUT2D eigenvalue weighted by molar-refractivity contribution is -0.144. The van der Waals surface area contributed by atoms with Crippen LogP contribution in [-0.2, 0) is 22.6 Å². The SMILES string of the molecule is Cc1cc2oc(=O)cc(COC(=O)CCc3ncc(-c4c(F)cccc4F)o3)c2cc1C. The van der Waals surface area contributed by atoms with Crippen LogP contribution < -0.4 is 5.63 Å². The van der Waals surface area contributed by atoms with Crippen molar-refractivity contribution < 1.29 is 27.1 Å². The fraction of sp³-hybridized carbons (Fsp3) is 0.208. The number of aryl methyl sites for hydroxylation is 3. The average Bonchev–Trinajstić information content (AvgIpc) is 3.20. The number of oxazole rings is 1. The second-order valence-corrected chi connectivity index (χ2v) is 7.40. The molecule has 2 aromatic carbocycles. The van der Waals surface area contributed by atoms with Gasteiger partial charge in [0.15, 0.2) is 11.7 Å². The predicted molar refractivity (Wildman–Crippen MR) is 112 cm³/mol. The van der Waals surface area contributed by atoms with Crippen molar-refractivity contribution in [1.82, 2.24) is 4.98 Å². The Labute approximate surface area is 181 Å². The molecule has 0 bridgehead atoms. The summed E-state index contributed by atoms with van der Waals surface area (Å²) in [4.78, 5) is 28.0. The molecule has 2 heterocycles. The van der Waals surface area contributed by atoms with Crippen LogP contribution in [0.1, 0.15) is 29.0 Å². The van der Waals surface area contributed by atoms with Crippen LogP contribution in [0.25, 0.3) is 22.3 Å². The molecular weight excluding hydrogens is 420 g/mol. The lowest BCUT2D eigenvalue weighted by atomic mass is 10.0. The smallest absolute Gasteiger partial charge is 0.336 e. The van der Waals surface area contributed by atoms with Crippen LogP contribution in [0.2, 0.25) is 0 Å². The number of rotatable bonds is 6. The molecule has 164 valence electrons. The Morgan fingerprint density at radius 1 is 1.06 bits per heavy atom. The maximum absolute atomic E-state index is 13.9. The average molecular weight is 439 g/mol. The number of aromatic nitrogens is 1. The first-order valence-electron chi connectivity index (χ1n) is 9.90. The lowest BCUT2D eigenvalue weighted by Gasteiger charge is -2.09. The number of esters is 1. The van der Waals surface area contributed by atoms with E-state index < -0.39 is 23.2 Å². The molecule has 2 aromatic heterocycles. The van der Waals surface area contributed by atoms with Gasteiger partial charge in [-0.15, -0.1) is 0 Å². The number of carbonyl (C=O) groups is 1. The van der Waals surface area contributed by atoms with Crippen molar-refractivity contribution in [1.29, 1.82) is 0 Å². The summed E-state index contributed by atoms with van der Waals surface area (Å²) in [6.45, 7) is 3.75. The Balaban J connectivity index is 1.41. The van der Waals surface area contributed by atoms with E-state index >= 15 is 0 Å². The van der Waals surface area contributed by atoms with Gasteiger partial charge in [0, 0.05) is 23.4 Å². The van der Waals surface area contributed by atoms with Crippen LogP contribution in [-0.4, -0.2) is 11.0 Å². The first-order chi connectivity index (χ1) is 15.3. The van der Waals surface area contributed by atoms with E-state index in [1.165, 1.54) is 18.3 Å². The van der Waals surface area contributed by atoms with Gasteiger partial charge < -0.3 is 13.6 Å². The molecule has 0 saturated heterocycles. The van der Waals surface area contributed by atoms with Crippen LogP contribution in [0.5, 0.6) is 0 Å². The molecule has 6 nitrogen and oxygen atoms in total. The third-order valence-corrected chi connectivity index (χ3v) is 5.14. The zero-order chi connectivity index (χ0) is 22.8. The Kier molecular flexibility index (Phi) is 5.85. The Bertz CT molecular complexity index is 1350. The second-order valence-electron chi connectivity index (χ2n) is 7.40. The molecule has 0 aliphatic rings. The van der Waals surface area contributed by atoms with E-state index in [2.05, 4.69) is 4.98 Å². The van der Waals surface area contributed by atoms with Crippen molar-refractivity contribution in [2.75, 3.05) is 0 Å². The molecule has 0 fully saturated rings. The minimum Gasteiger partial charge on any atom is -0.461 e.